The highest BCUT2D eigenvalue weighted by Crippen LogP contribution is 2.43. The van der Waals surface area contributed by atoms with Crippen molar-refractivity contribution in [2.24, 2.45) is 0 Å². The zero-order valence-electron chi connectivity index (χ0n) is 19.4. The normalized spacial score (nSPS) is 20.4. The van der Waals surface area contributed by atoms with E-state index in [4.69, 9.17) is 4.74 Å². The fourth-order valence-corrected chi connectivity index (χ4v) is 5.25. The standard InChI is InChI=1S/C26H30N4O3/c1-28(2)12-7-13-29-16-23(31)30-22(26(29)32)15-20-19-10-4-5-11-21(19)27-24(20)25(30)17-8-6-9-18(14-17)33-3/h4-6,8-11,14,22,25,27H,7,12-13,15-16H2,1-3H3/t22-,25+/m0/s1. The predicted octanol–water partition coefficient (Wildman–Crippen LogP) is 2.81. The van der Waals surface area contributed by atoms with Gasteiger partial charge in [0.05, 0.1) is 19.7 Å². The van der Waals surface area contributed by atoms with Gasteiger partial charge in [0.2, 0.25) is 11.8 Å². The molecule has 2 aliphatic heterocycles. The van der Waals surface area contributed by atoms with Crippen LogP contribution < -0.4 is 4.74 Å². The van der Waals surface area contributed by atoms with Gasteiger partial charge in [-0.05, 0) is 56.4 Å². The maximum Gasteiger partial charge on any atom is 0.246 e. The fourth-order valence-electron chi connectivity index (χ4n) is 5.25. The van der Waals surface area contributed by atoms with Crippen LogP contribution in [0.2, 0.25) is 0 Å². The van der Waals surface area contributed by atoms with Crippen molar-refractivity contribution in [3.8, 4) is 5.75 Å². The van der Waals surface area contributed by atoms with E-state index in [1.165, 1.54) is 0 Å². The molecule has 0 spiro atoms. The number of aromatic amines is 1. The molecule has 0 saturated carbocycles. The van der Waals surface area contributed by atoms with Crippen LogP contribution in [0.5, 0.6) is 5.75 Å². The molecule has 0 radical (unpaired) electrons. The largest absolute Gasteiger partial charge is 0.497 e. The molecular formula is C26H30N4O3. The van der Waals surface area contributed by atoms with Gasteiger partial charge < -0.3 is 24.4 Å². The number of H-pyrrole nitrogens is 1. The van der Waals surface area contributed by atoms with Gasteiger partial charge in [-0.1, -0.05) is 30.3 Å². The molecule has 3 heterocycles. The molecule has 0 unspecified atom stereocenters. The number of hydrogen-bond acceptors (Lipinski definition) is 4. The number of methoxy groups -OCH3 is 1. The van der Waals surface area contributed by atoms with E-state index in [9.17, 15) is 9.59 Å². The number of carbonyl (C=O) groups excluding carboxylic acids is 2. The minimum atomic E-state index is -0.506. The molecule has 172 valence electrons. The van der Waals surface area contributed by atoms with Gasteiger partial charge in [0.15, 0.2) is 0 Å². The van der Waals surface area contributed by atoms with Crippen molar-refractivity contribution in [3.05, 3.63) is 65.4 Å². The second kappa shape index (κ2) is 8.56. The number of carbonyl (C=O) groups is 2. The Morgan fingerprint density at radius 3 is 2.73 bits per heavy atom. The van der Waals surface area contributed by atoms with Crippen LogP contribution in [0.3, 0.4) is 0 Å². The molecule has 2 amide bonds. The number of hydrogen-bond donors (Lipinski definition) is 1. The van der Waals surface area contributed by atoms with Gasteiger partial charge >= 0.3 is 0 Å². The van der Waals surface area contributed by atoms with Crippen molar-refractivity contribution in [1.29, 1.82) is 0 Å². The van der Waals surface area contributed by atoms with Crippen molar-refractivity contribution in [1.82, 2.24) is 19.7 Å². The number of nitrogens with one attached hydrogen (secondary N) is 1. The number of amides is 2. The molecule has 7 nitrogen and oxygen atoms in total. The summed E-state index contributed by atoms with van der Waals surface area (Å²) in [5.74, 6) is 0.757. The highest BCUT2D eigenvalue weighted by Gasteiger charge is 2.48. The first-order valence-electron chi connectivity index (χ1n) is 11.5. The summed E-state index contributed by atoms with van der Waals surface area (Å²) in [7, 11) is 5.67. The van der Waals surface area contributed by atoms with Crippen LogP contribution >= 0.6 is 0 Å². The van der Waals surface area contributed by atoms with E-state index in [1.807, 2.05) is 56.6 Å². The average Bonchev–Trinajstić information content (AvgIpc) is 3.19. The smallest absolute Gasteiger partial charge is 0.246 e. The summed E-state index contributed by atoms with van der Waals surface area (Å²) in [6.07, 6.45) is 1.37. The summed E-state index contributed by atoms with van der Waals surface area (Å²) < 4.78 is 5.46. The van der Waals surface area contributed by atoms with E-state index >= 15 is 0 Å². The lowest BCUT2D eigenvalue weighted by atomic mass is 9.86. The number of fused-ring (bicyclic) bond motifs is 4. The molecule has 7 heteroatoms. The Morgan fingerprint density at radius 2 is 1.94 bits per heavy atom. The zero-order valence-corrected chi connectivity index (χ0v) is 19.4. The lowest BCUT2D eigenvalue weighted by molar-refractivity contribution is -0.158. The van der Waals surface area contributed by atoms with Gasteiger partial charge in [0.25, 0.3) is 0 Å². The number of aromatic nitrogens is 1. The average molecular weight is 447 g/mol. The Kier molecular flexibility index (Phi) is 5.58. The lowest BCUT2D eigenvalue weighted by Gasteiger charge is -2.47. The van der Waals surface area contributed by atoms with Gasteiger partial charge in [0, 0.05) is 29.6 Å². The summed E-state index contributed by atoms with van der Waals surface area (Å²) in [6.45, 7) is 1.60. The molecule has 1 N–H and O–H groups in total. The quantitative estimate of drug-likeness (QED) is 0.632. The molecule has 3 aromatic rings. The van der Waals surface area contributed by atoms with E-state index in [-0.39, 0.29) is 24.4 Å². The summed E-state index contributed by atoms with van der Waals surface area (Å²) in [5.41, 5.74) is 4.07. The minimum absolute atomic E-state index is 0.0124. The Balaban J connectivity index is 1.59. The van der Waals surface area contributed by atoms with Gasteiger partial charge in [-0.2, -0.15) is 0 Å². The Bertz CT molecular complexity index is 1200. The van der Waals surface area contributed by atoms with Crippen molar-refractivity contribution in [3.63, 3.8) is 0 Å². The van der Waals surface area contributed by atoms with E-state index < -0.39 is 6.04 Å². The third kappa shape index (κ3) is 3.76. The van der Waals surface area contributed by atoms with Crippen molar-refractivity contribution >= 4 is 22.7 Å². The first kappa shape index (κ1) is 21.5. The Hall–Kier alpha value is -3.32. The van der Waals surface area contributed by atoms with Gasteiger partial charge in [-0.15, -0.1) is 0 Å². The first-order valence-corrected chi connectivity index (χ1v) is 11.5. The number of para-hydroxylation sites is 1. The van der Waals surface area contributed by atoms with Crippen LogP contribution in [0, 0.1) is 0 Å². The zero-order chi connectivity index (χ0) is 23.1. The van der Waals surface area contributed by atoms with Crippen LogP contribution in [-0.2, 0) is 16.0 Å². The maximum atomic E-state index is 13.6. The van der Waals surface area contributed by atoms with E-state index in [0.717, 1.165) is 46.4 Å². The van der Waals surface area contributed by atoms with Gasteiger partial charge in [-0.3, -0.25) is 9.59 Å². The van der Waals surface area contributed by atoms with E-state index in [0.29, 0.717) is 13.0 Å². The second-order valence-electron chi connectivity index (χ2n) is 9.18. The molecular weight excluding hydrogens is 416 g/mol. The van der Waals surface area contributed by atoms with Crippen LogP contribution in [0.15, 0.2) is 48.5 Å². The molecule has 1 saturated heterocycles. The second-order valence-corrected chi connectivity index (χ2v) is 9.18. The maximum absolute atomic E-state index is 13.6. The van der Waals surface area contributed by atoms with Crippen molar-refractivity contribution in [2.45, 2.75) is 24.9 Å². The number of piperazine rings is 1. The summed E-state index contributed by atoms with van der Waals surface area (Å²) in [4.78, 5) is 36.4. The molecule has 1 aromatic heterocycles. The summed E-state index contributed by atoms with van der Waals surface area (Å²) in [6, 6.07) is 15.1. The fraction of sp³-hybridized carbons (Fsp3) is 0.385. The molecule has 0 aliphatic carbocycles. The minimum Gasteiger partial charge on any atom is -0.497 e. The van der Waals surface area contributed by atoms with E-state index in [2.05, 4.69) is 16.0 Å². The number of ether oxygens (including phenoxy) is 1. The molecule has 0 bridgehead atoms. The predicted molar refractivity (Wildman–Crippen MR) is 127 cm³/mol. The van der Waals surface area contributed by atoms with Crippen LogP contribution in [-0.4, -0.2) is 78.4 Å². The molecule has 33 heavy (non-hydrogen) atoms. The Labute approximate surface area is 193 Å². The van der Waals surface area contributed by atoms with Crippen LogP contribution in [0.25, 0.3) is 10.9 Å². The number of nitrogens with zero attached hydrogens (tertiary/aromatic N) is 3. The van der Waals surface area contributed by atoms with Crippen molar-refractivity contribution in [2.75, 3.05) is 40.8 Å². The highest BCUT2D eigenvalue weighted by atomic mass is 16.5. The van der Waals surface area contributed by atoms with Crippen LogP contribution in [0.4, 0.5) is 0 Å². The highest BCUT2D eigenvalue weighted by molar-refractivity contribution is 5.97. The third-order valence-corrected chi connectivity index (χ3v) is 6.79. The monoisotopic (exact) mass is 446 g/mol. The van der Waals surface area contributed by atoms with Gasteiger partial charge in [-0.25, -0.2) is 0 Å². The molecule has 2 atom stereocenters. The number of benzene rings is 2. The van der Waals surface area contributed by atoms with Crippen molar-refractivity contribution < 1.29 is 14.3 Å². The molecule has 5 rings (SSSR count). The SMILES string of the molecule is COc1cccc([C@@H]2c3[nH]c4ccccc4c3C[C@H]3C(=O)N(CCCN(C)C)CC(=O)N23)c1. The molecule has 2 aromatic carbocycles. The first-order chi connectivity index (χ1) is 16.0. The van der Waals surface area contributed by atoms with Crippen LogP contribution in [0.1, 0.15) is 29.3 Å². The Morgan fingerprint density at radius 1 is 1.12 bits per heavy atom. The summed E-state index contributed by atoms with van der Waals surface area (Å²) >= 11 is 0. The summed E-state index contributed by atoms with van der Waals surface area (Å²) in [5, 5.41) is 1.12. The lowest BCUT2D eigenvalue weighted by Crippen LogP contribution is -2.63. The molecule has 1 fully saturated rings. The number of rotatable bonds is 6. The third-order valence-electron chi connectivity index (χ3n) is 6.79. The van der Waals surface area contributed by atoms with Gasteiger partial charge in [0.1, 0.15) is 11.8 Å². The van der Waals surface area contributed by atoms with E-state index in [1.54, 1.807) is 16.9 Å². The molecule has 2 aliphatic rings. The topological polar surface area (TPSA) is 68.9 Å².